The largest absolute Gasteiger partial charge is 0.365 e. The monoisotopic (exact) mass is 509 g/mol. The fraction of sp³-hybridized carbons (Fsp3) is 0.593. The van der Waals surface area contributed by atoms with Crippen LogP contribution < -0.4 is 15.5 Å². The third-order valence-electron chi connectivity index (χ3n) is 7.36. The molecule has 1 aliphatic heterocycles. The zero-order chi connectivity index (χ0) is 24.9. The summed E-state index contributed by atoms with van der Waals surface area (Å²) in [6.07, 6.45) is 8.50. The second kappa shape index (κ2) is 11.6. The molecule has 3 heterocycles. The number of fused-ring (bicyclic) bond motifs is 1. The molecule has 0 radical (unpaired) electrons. The number of benzene rings is 1. The van der Waals surface area contributed by atoms with Crippen molar-refractivity contribution in [3.63, 3.8) is 0 Å². The first-order chi connectivity index (χ1) is 17.6. The highest BCUT2D eigenvalue weighted by Crippen LogP contribution is 2.35. The Morgan fingerprint density at radius 3 is 2.75 bits per heavy atom. The van der Waals surface area contributed by atoms with Gasteiger partial charge in [0.15, 0.2) is 5.82 Å². The van der Waals surface area contributed by atoms with Gasteiger partial charge in [0.1, 0.15) is 5.69 Å². The zero-order valence-electron chi connectivity index (χ0n) is 21.6. The molecule has 2 aromatic heterocycles. The Morgan fingerprint density at radius 1 is 1.17 bits per heavy atom. The molecule has 1 aliphatic carbocycles. The van der Waals surface area contributed by atoms with Gasteiger partial charge in [0.2, 0.25) is 16.0 Å². The minimum Gasteiger partial charge on any atom is -0.365 e. The number of nitrogens with zero attached hydrogens (tertiary/aromatic N) is 5. The van der Waals surface area contributed by atoms with Gasteiger partial charge < -0.3 is 20.4 Å². The molecule has 3 aromatic rings. The number of amides is 1. The molecular weight excluding hydrogens is 470 g/mol. The van der Waals surface area contributed by atoms with Crippen molar-refractivity contribution in [1.29, 1.82) is 0 Å². The number of aromatic nitrogens is 3. The number of imidazole rings is 1. The van der Waals surface area contributed by atoms with E-state index in [0.717, 1.165) is 46.1 Å². The molecule has 2 fully saturated rings. The molecule has 36 heavy (non-hydrogen) atoms. The summed E-state index contributed by atoms with van der Waals surface area (Å²) in [5.74, 6) is 1.78. The van der Waals surface area contributed by atoms with Crippen LogP contribution >= 0.6 is 11.3 Å². The van der Waals surface area contributed by atoms with E-state index in [2.05, 4.69) is 34.6 Å². The summed E-state index contributed by atoms with van der Waals surface area (Å²) in [6.45, 7) is 6.77. The highest BCUT2D eigenvalue weighted by atomic mass is 32.1. The van der Waals surface area contributed by atoms with Gasteiger partial charge in [0, 0.05) is 31.7 Å². The van der Waals surface area contributed by atoms with Crippen molar-refractivity contribution in [1.82, 2.24) is 24.8 Å². The van der Waals surface area contributed by atoms with Crippen molar-refractivity contribution in [2.45, 2.75) is 57.9 Å². The van der Waals surface area contributed by atoms with Gasteiger partial charge in [0.05, 0.1) is 6.54 Å². The van der Waals surface area contributed by atoms with Gasteiger partial charge in [-0.2, -0.15) is 4.52 Å². The van der Waals surface area contributed by atoms with Crippen molar-refractivity contribution in [3.05, 3.63) is 30.3 Å². The predicted molar refractivity (Wildman–Crippen MR) is 148 cm³/mol. The maximum atomic E-state index is 12.6. The SMILES string of the molecule is C[C@H]1CCCN(CCCNC(=O)CN(C)c2nn3c(NC4CCCC4)c(-c4ccccc4)nc3s2)C1. The lowest BCUT2D eigenvalue weighted by atomic mass is 10.0. The summed E-state index contributed by atoms with van der Waals surface area (Å²) in [7, 11) is 1.93. The Kier molecular flexibility index (Phi) is 8.06. The van der Waals surface area contributed by atoms with Crippen LogP contribution in [0.2, 0.25) is 0 Å². The Bertz CT molecular complexity index is 1140. The lowest BCUT2D eigenvalue weighted by Gasteiger charge is -2.30. The van der Waals surface area contributed by atoms with Crippen molar-refractivity contribution in [2.75, 3.05) is 50.0 Å². The number of carbonyl (C=O) groups is 1. The molecule has 1 amide bonds. The molecule has 2 aliphatic rings. The van der Waals surface area contributed by atoms with Crippen LogP contribution in [0.15, 0.2) is 30.3 Å². The Labute approximate surface area is 218 Å². The summed E-state index contributed by atoms with van der Waals surface area (Å²) in [5, 5.41) is 12.5. The van der Waals surface area contributed by atoms with E-state index in [4.69, 9.17) is 10.1 Å². The standard InChI is InChI=1S/C27H39N7OS/c1-20-10-8-16-33(18-20)17-9-15-28-23(35)19-32(2)27-31-34-25(29-22-13-6-7-14-22)24(30-26(34)36-27)21-11-4-3-5-12-21/h3-5,11-12,20,22,29H,6-10,13-19H2,1-2H3,(H,28,35)/t20-/m0/s1. The second-order valence-corrected chi connectivity index (χ2v) is 11.4. The molecule has 9 heteroatoms. The van der Waals surface area contributed by atoms with Gasteiger partial charge in [-0.15, -0.1) is 5.10 Å². The first kappa shape index (κ1) is 25.0. The zero-order valence-corrected chi connectivity index (χ0v) is 22.4. The van der Waals surface area contributed by atoms with E-state index in [0.29, 0.717) is 12.6 Å². The van der Waals surface area contributed by atoms with Crippen molar-refractivity contribution >= 4 is 33.2 Å². The molecular formula is C27H39N7OS. The smallest absolute Gasteiger partial charge is 0.239 e. The number of rotatable bonds is 10. The van der Waals surface area contributed by atoms with Gasteiger partial charge in [-0.3, -0.25) is 4.79 Å². The average molecular weight is 510 g/mol. The highest BCUT2D eigenvalue weighted by molar-refractivity contribution is 7.20. The Balaban J connectivity index is 1.21. The fourth-order valence-corrected chi connectivity index (χ4v) is 6.30. The Morgan fingerprint density at radius 2 is 1.97 bits per heavy atom. The number of carbonyl (C=O) groups excluding carboxylic acids is 1. The molecule has 194 valence electrons. The lowest BCUT2D eigenvalue weighted by Crippen LogP contribution is -2.38. The fourth-order valence-electron chi connectivity index (χ4n) is 5.44. The van der Waals surface area contributed by atoms with Crippen LogP contribution in [-0.4, -0.2) is 71.2 Å². The van der Waals surface area contributed by atoms with E-state index >= 15 is 0 Å². The quantitative estimate of drug-likeness (QED) is 0.392. The van der Waals surface area contributed by atoms with Gasteiger partial charge in [-0.05, 0) is 51.1 Å². The maximum Gasteiger partial charge on any atom is 0.239 e. The van der Waals surface area contributed by atoms with Crippen molar-refractivity contribution < 1.29 is 4.79 Å². The summed E-state index contributed by atoms with van der Waals surface area (Å²) in [4.78, 5) is 22.8. The molecule has 5 rings (SSSR count). The molecule has 2 N–H and O–H groups in total. The summed E-state index contributed by atoms with van der Waals surface area (Å²) in [5.41, 5.74) is 2.03. The van der Waals surface area contributed by atoms with Crippen LogP contribution in [0.1, 0.15) is 51.9 Å². The van der Waals surface area contributed by atoms with Crippen LogP contribution in [0.3, 0.4) is 0 Å². The van der Waals surface area contributed by atoms with Gasteiger partial charge >= 0.3 is 0 Å². The molecule has 0 unspecified atom stereocenters. The minimum absolute atomic E-state index is 0.0339. The van der Waals surface area contributed by atoms with Crippen LogP contribution in [0, 0.1) is 5.92 Å². The number of piperidine rings is 1. The normalized spacial score (nSPS) is 19.1. The van der Waals surface area contributed by atoms with Crippen LogP contribution in [0.25, 0.3) is 16.2 Å². The number of hydrogen-bond acceptors (Lipinski definition) is 7. The maximum absolute atomic E-state index is 12.6. The molecule has 8 nitrogen and oxygen atoms in total. The first-order valence-corrected chi connectivity index (χ1v) is 14.3. The van der Waals surface area contributed by atoms with Gasteiger partial charge in [-0.1, -0.05) is 61.4 Å². The number of likely N-dealkylation sites (tertiary alicyclic amines) is 1. The third-order valence-corrected chi connectivity index (χ3v) is 8.38. The number of likely N-dealkylation sites (N-methyl/N-ethyl adjacent to an activating group) is 1. The van der Waals surface area contributed by atoms with Crippen LogP contribution in [0.4, 0.5) is 10.9 Å². The van der Waals surface area contributed by atoms with Crippen LogP contribution in [-0.2, 0) is 4.79 Å². The molecule has 1 saturated carbocycles. The Hall–Kier alpha value is -2.65. The van der Waals surface area contributed by atoms with Crippen molar-refractivity contribution in [3.8, 4) is 11.3 Å². The van der Waals surface area contributed by atoms with E-state index in [-0.39, 0.29) is 12.5 Å². The first-order valence-electron chi connectivity index (χ1n) is 13.5. The number of anilines is 2. The van der Waals surface area contributed by atoms with E-state index in [1.807, 2.05) is 34.7 Å². The summed E-state index contributed by atoms with van der Waals surface area (Å²) < 4.78 is 1.93. The predicted octanol–water partition coefficient (Wildman–Crippen LogP) is 4.49. The molecule has 0 bridgehead atoms. The van der Waals surface area contributed by atoms with Gasteiger partial charge in [0.25, 0.3) is 0 Å². The second-order valence-electron chi connectivity index (χ2n) is 10.5. The third kappa shape index (κ3) is 6.00. The summed E-state index contributed by atoms with van der Waals surface area (Å²) >= 11 is 1.52. The molecule has 1 aromatic carbocycles. The van der Waals surface area contributed by atoms with E-state index < -0.39 is 0 Å². The van der Waals surface area contributed by atoms with Crippen molar-refractivity contribution in [2.24, 2.45) is 5.92 Å². The number of nitrogens with one attached hydrogen (secondary N) is 2. The van der Waals surface area contributed by atoms with E-state index in [1.165, 1.54) is 63.0 Å². The molecule has 1 atom stereocenters. The molecule has 1 saturated heterocycles. The summed E-state index contributed by atoms with van der Waals surface area (Å²) in [6, 6.07) is 10.7. The average Bonchev–Trinajstić information content (AvgIpc) is 3.61. The van der Waals surface area contributed by atoms with E-state index in [9.17, 15) is 4.79 Å². The molecule has 0 spiro atoms. The van der Waals surface area contributed by atoms with Gasteiger partial charge in [-0.25, -0.2) is 4.98 Å². The minimum atomic E-state index is 0.0339. The van der Waals surface area contributed by atoms with Crippen LogP contribution in [0.5, 0.6) is 0 Å². The topological polar surface area (TPSA) is 77.8 Å². The lowest BCUT2D eigenvalue weighted by molar-refractivity contribution is -0.119. The highest BCUT2D eigenvalue weighted by Gasteiger charge is 2.24. The number of hydrogen-bond donors (Lipinski definition) is 2. The van der Waals surface area contributed by atoms with E-state index in [1.54, 1.807) is 0 Å².